The summed E-state index contributed by atoms with van der Waals surface area (Å²) in [5.74, 6) is 3.03. The van der Waals surface area contributed by atoms with Gasteiger partial charge in [0.1, 0.15) is 0 Å². The van der Waals surface area contributed by atoms with Crippen LogP contribution in [-0.4, -0.2) is 84.8 Å². The first-order valence-electron chi connectivity index (χ1n) is 11.6. The van der Waals surface area contributed by atoms with E-state index in [1.807, 2.05) is 4.90 Å². The van der Waals surface area contributed by atoms with Crippen molar-refractivity contribution in [1.82, 2.24) is 20.0 Å². The van der Waals surface area contributed by atoms with Gasteiger partial charge in [-0.25, -0.2) is 0 Å². The normalized spacial score (nSPS) is 21.8. The SMILES string of the molecule is CCN1CCN(c2ccc(N3CCN(C(=O)CCC4CCCC4)CC3)nn2)CC1. The minimum atomic E-state index is 0.337. The van der Waals surface area contributed by atoms with E-state index >= 15 is 0 Å². The highest BCUT2D eigenvalue weighted by atomic mass is 16.2. The molecule has 2 saturated heterocycles. The summed E-state index contributed by atoms with van der Waals surface area (Å²) >= 11 is 0. The maximum absolute atomic E-state index is 12.5. The van der Waals surface area contributed by atoms with E-state index < -0.39 is 0 Å². The molecule has 1 aromatic heterocycles. The predicted octanol–water partition coefficient (Wildman–Crippen LogP) is 2.24. The fraction of sp³-hybridized carbons (Fsp3) is 0.773. The first-order valence-corrected chi connectivity index (χ1v) is 11.6. The van der Waals surface area contributed by atoms with Gasteiger partial charge in [0.15, 0.2) is 11.6 Å². The molecule has 0 radical (unpaired) electrons. The van der Waals surface area contributed by atoms with Crippen LogP contribution >= 0.6 is 0 Å². The van der Waals surface area contributed by atoms with Gasteiger partial charge in [-0.15, -0.1) is 10.2 Å². The van der Waals surface area contributed by atoms with Crippen LogP contribution in [0.5, 0.6) is 0 Å². The lowest BCUT2D eigenvalue weighted by Crippen LogP contribution is -2.49. The lowest BCUT2D eigenvalue weighted by atomic mass is 10.0. The van der Waals surface area contributed by atoms with Crippen molar-refractivity contribution in [1.29, 1.82) is 0 Å². The molecule has 7 nitrogen and oxygen atoms in total. The summed E-state index contributed by atoms with van der Waals surface area (Å²) in [4.78, 5) is 21.6. The molecule has 1 amide bonds. The summed E-state index contributed by atoms with van der Waals surface area (Å²) in [5, 5.41) is 8.98. The second kappa shape index (κ2) is 9.74. The fourth-order valence-corrected chi connectivity index (χ4v) is 4.92. The van der Waals surface area contributed by atoms with Crippen molar-refractivity contribution in [3.8, 4) is 0 Å². The van der Waals surface area contributed by atoms with Crippen LogP contribution in [0.1, 0.15) is 45.4 Å². The molecule has 7 heteroatoms. The van der Waals surface area contributed by atoms with Crippen molar-refractivity contribution in [2.75, 3.05) is 68.7 Å². The zero-order valence-corrected chi connectivity index (χ0v) is 17.9. The Hall–Kier alpha value is -1.89. The maximum Gasteiger partial charge on any atom is 0.222 e. The number of anilines is 2. The summed E-state index contributed by atoms with van der Waals surface area (Å²) in [7, 11) is 0. The van der Waals surface area contributed by atoms with Crippen LogP contribution in [0.2, 0.25) is 0 Å². The van der Waals surface area contributed by atoms with Gasteiger partial charge < -0.3 is 19.6 Å². The van der Waals surface area contributed by atoms with Gasteiger partial charge in [0, 0.05) is 58.8 Å². The highest BCUT2D eigenvalue weighted by Crippen LogP contribution is 2.28. The van der Waals surface area contributed by atoms with Gasteiger partial charge in [-0.2, -0.15) is 0 Å². The monoisotopic (exact) mass is 400 g/mol. The zero-order valence-electron chi connectivity index (χ0n) is 17.9. The molecule has 0 bridgehead atoms. The highest BCUT2D eigenvalue weighted by molar-refractivity contribution is 5.76. The molecule has 0 unspecified atom stereocenters. The number of aromatic nitrogens is 2. The smallest absolute Gasteiger partial charge is 0.222 e. The summed E-state index contributed by atoms with van der Waals surface area (Å²) in [6.07, 6.45) is 7.16. The Morgan fingerprint density at radius 3 is 1.97 bits per heavy atom. The van der Waals surface area contributed by atoms with Gasteiger partial charge in [0.2, 0.25) is 5.91 Å². The molecule has 1 aliphatic carbocycles. The fourth-order valence-electron chi connectivity index (χ4n) is 4.92. The van der Waals surface area contributed by atoms with Crippen LogP contribution in [0.4, 0.5) is 11.6 Å². The van der Waals surface area contributed by atoms with Gasteiger partial charge in [-0.05, 0) is 31.0 Å². The number of carbonyl (C=O) groups is 1. The summed E-state index contributed by atoms with van der Waals surface area (Å²) in [5.41, 5.74) is 0. The number of piperazine rings is 2. The molecule has 160 valence electrons. The molecule has 0 atom stereocenters. The van der Waals surface area contributed by atoms with E-state index in [4.69, 9.17) is 0 Å². The van der Waals surface area contributed by atoms with Gasteiger partial charge in [0.05, 0.1) is 0 Å². The Labute approximate surface area is 175 Å². The first-order chi connectivity index (χ1) is 14.2. The van der Waals surface area contributed by atoms with Crippen LogP contribution < -0.4 is 9.80 Å². The molecule has 3 fully saturated rings. The molecule has 0 aromatic carbocycles. The van der Waals surface area contributed by atoms with Crippen molar-refractivity contribution >= 4 is 17.5 Å². The van der Waals surface area contributed by atoms with Gasteiger partial charge in [-0.1, -0.05) is 32.6 Å². The summed E-state index contributed by atoms with van der Waals surface area (Å²) in [6, 6.07) is 4.19. The van der Waals surface area contributed by atoms with Crippen LogP contribution in [0.25, 0.3) is 0 Å². The molecule has 0 N–H and O–H groups in total. The number of hydrogen-bond acceptors (Lipinski definition) is 6. The number of hydrogen-bond donors (Lipinski definition) is 0. The van der Waals surface area contributed by atoms with E-state index in [-0.39, 0.29) is 0 Å². The van der Waals surface area contributed by atoms with E-state index in [1.165, 1.54) is 25.7 Å². The molecule has 2 aliphatic heterocycles. The van der Waals surface area contributed by atoms with E-state index in [0.717, 1.165) is 89.3 Å². The third kappa shape index (κ3) is 5.18. The van der Waals surface area contributed by atoms with E-state index in [0.29, 0.717) is 5.91 Å². The Balaban J connectivity index is 1.22. The Morgan fingerprint density at radius 2 is 1.45 bits per heavy atom. The number of carbonyl (C=O) groups excluding carboxylic acids is 1. The summed E-state index contributed by atoms with van der Waals surface area (Å²) < 4.78 is 0. The average Bonchev–Trinajstić information content (AvgIpc) is 3.31. The molecular formula is C22H36N6O. The van der Waals surface area contributed by atoms with Crippen LogP contribution in [0.3, 0.4) is 0 Å². The van der Waals surface area contributed by atoms with Gasteiger partial charge in [-0.3, -0.25) is 4.79 Å². The van der Waals surface area contributed by atoms with Crippen molar-refractivity contribution in [2.24, 2.45) is 5.92 Å². The lowest BCUT2D eigenvalue weighted by molar-refractivity contribution is -0.131. The van der Waals surface area contributed by atoms with Gasteiger partial charge >= 0.3 is 0 Å². The third-order valence-corrected chi connectivity index (χ3v) is 6.98. The molecule has 1 aromatic rings. The maximum atomic E-state index is 12.5. The van der Waals surface area contributed by atoms with E-state index in [9.17, 15) is 4.79 Å². The lowest BCUT2D eigenvalue weighted by Gasteiger charge is -2.36. The van der Waals surface area contributed by atoms with Crippen molar-refractivity contribution in [3.63, 3.8) is 0 Å². The summed E-state index contributed by atoms with van der Waals surface area (Å²) in [6.45, 7) is 10.8. The van der Waals surface area contributed by atoms with Crippen molar-refractivity contribution in [3.05, 3.63) is 12.1 Å². The van der Waals surface area contributed by atoms with E-state index in [2.05, 4.69) is 44.0 Å². The Kier molecular flexibility index (Phi) is 6.85. The van der Waals surface area contributed by atoms with Crippen LogP contribution in [0.15, 0.2) is 12.1 Å². The third-order valence-electron chi connectivity index (χ3n) is 6.98. The first kappa shape index (κ1) is 20.4. The Morgan fingerprint density at radius 1 is 0.897 bits per heavy atom. The number of nitrogens with zero attached hydrogens (tertiary/aromatic N) is 6. The Bertz CT molecular complexity index is 644. The molecule has 4 rings (SSSR count). The minimum absolute atomic E-state index is 0.337. The van der Waals surface area contributed by atoms with Crippen LogP contribution in [-0.2, 0) is 4.79 Å². The second-order valence-electron chi connectivity index (χ2n) is 8.73. The predicted molar refractivity (Wildman–Crippen MR) is 116 cm³/mol. The van der Waals surface area contributed by atoms with E-state index in [1.54, 1.807) is 0 Å². The average molecular weight is 401 g/mol. The quantitative estimate of drug-likeness (QED) is 0.730. The number of likely N-dealkylation sites (N-methyl/N-ethyl adjacent to an activating group) is 1. The van der Waals surface area contributed by atoms with Crippen molar-refractivity contribution < 1.29 is 4.79 Å². The van der Waals surface area contributed by atoms with Crippen molar-refractivity contribution in [2.45, 2.75) is 45.4 Å². The minimum Gasteiger partial charge on any atom is -0.353 e. The largest absolute Gasteiger partial charge is 0.353 e. The molecule has 3 aliphatic rings. The standard InChI is InChI=1S/C22H36N6O/c1-2-25-11-13-26(14-12-25)20-8-9-21(24-23-20)27-15-17-28(18-16-27)22(29)10-7-19-5-3-4-6-19/h8-9,19H,2-7,10-18H2,1H3. The molecule has 1 saturated carbocycles. The topological polar surface area (TPSA) is 55.8 Å². The second-order valence-corrected chi connectivity index (χ2v) is 8.73. The molecule has 0 spiro atoms. The number of amides is 1. The van der Waals surface area contributed by atoms with Crippen LogP contribution in [0, 0.1) is 5.92 Å². The number of rotatable bonds is 6. The zero-order chi connectivity index (χ0) is 20.1. The molecule has 3 heterocycles. The van der Waals surface area contributed by atoms with Gasteiger partial charge in [0.25, 0.3) is 0 Å². The molecule has 29 heavy (non-hydrogen) atoms. The molecular weight excluding hydrogens is 364 g/mol. The highest BCUT2D eigenvalue weighted by Gasteiger charge is 2.24.